The van der Waals surface area contributed by atoms with Crippen LogP contribution in [-0.2, 0) is 0 Å². The first-order valence-electron chi connectivity index (χ1n) is 4.64. The van der Waals surface area contributed by atoms with E-state index in [1.807, 2.05) is 0 Å². The number of nitrogens with zero attached hydrogens (tertiary/aromatic N) is 2. The molecule has 0 amide bonds. The van der Waals surface area contributed by atoms with Gasteiger partial charge in [-0.05, 0) is 6.92 Å². The monoisotopic (exact) mass is 261 g/mol. The van der Waals surface area contributed by atoms with Crippen molar-refractivity contribution in [1.29, 1.82) is 0 Å². The summed E-state index contributed by atoms with van der Waals surface area (Å²) in [7, 11) is 0. The highest BCUT2D eigenvalue weighted by Crippen LogP contribution is 2.26. The van der Waals surface area contributed by atoms with Crippen LogP contribution in [0.25, 0.3) is 0 Å². The second kappa shape index (κ2) is 5.25. The second-order valence-corrected chi connectivity index (χ2v) is 3.28. The molecule has 0 bridgehead atoms. The molecule has 98 valence electrons. The van der Waals surface area contributed by atoms with Gasteiger partial charge in [-0.25, -0.2) is 4.39 Å². The lowest BCUT2D eigenvalue weighted by Crippen LogP contribution is -2.31. The molecule has 7 nitrogen and oxygen atoms in total. The first kappa shape index (κ1) is 13.6. The molecule has 1 atom stereocenters. The Labute approximate surface area is 99.6 Å². The van der Waals surface area contributed by atoms with Crippen LogP contribution in [0, 0.1) is 21.7 Å². The topological polar surface area (TPSA) is 111 Å². The summed E-state index contributed by atoms with van der Waals surface area (Å²) in [6, 6.07) is 0.915. The number of hydrogen-bond donors (Lipinski definition) is 2. The van der Waals surface area contributed by atoms with Crippen molar-refractivity contribution in [3.05, 3.63) is 33.9 Å². The molecule has 0 saturated carbocycles. The molecule has 1 rings (SSSR count). The predicted octanol–water partition coefficient (Wildman–Crippen LogP) is 1.39. The standard InChI is InChI=1S/C9H9F2N3O4/c1-4(9(12)13-15)18-8-3-5(10)7(14(16)17)2-6(8)11/h2-4,15H,1H3,(H2,12,13). The summed E-state index contributed by atoms with van der Waals surface area (Å²) in [4.78, 5) is 9.29. The van der Waals surface area contributed by atoms with E-state index in [1.165, 1.54) is 6.92 Å². The van der Waals surface area contributed by atoms with Crippen LogP contribution in [0.1, 0.15) is 6.92 Å². The third kappa shape index (κ3) is 2.81. The molecule has 0 heterocycles. The molecule has 18 heavy (non-hydrogen) atoms. The smallest absolute Gasteiger partial charge is 0.307 e. The zero-order valence-corrected chi connectivity index (χ0v) is 9.13. The Morgan fingerprint density at radius 1 is 1.56 bits per heavy atom. The van der Waals surface area contributed by atoms with Gasteiger partial charge in [-0.2, -0.15) is 4.39 Å². The van der Waals surface area contributed by atoms with Gasteiger partial charge in [-0.3, -0.25) is 10.1 Å². The third-order valence-corrected chi connectivity index (χ3v) is 2.03. The van der Waals surface area contributed by atoms with Gasteiger partial charge in [0.2, 0.25) is 5.82 Å². The largest absolute Gasteiger partial charge is 0.480 e. The number of rotatable bonds is 4. The average Bonchev–Trinajstić information content (AvgIpc) is 2.31. The van der Waals surface area contributed by atoms with E-state index in [4.69, 9.17) is 15.7 Å². The van der Waals surface area contributed by atoms with Gasteiger partial charge in [0, 0.05) is 6.07 Å². The highest BCUT2D eigenvalue weighted by molar-refractivity contribution is 5.84. The Morgan fingerprint density at radius 3 is 2.67 bits per heavy atom. The van der Waals surface area contributed by atoms with E-state index in [1.54, 1.807) is 0 Å². The zero-order chi connectivity index (χ0) is 13.9. The molecule has 0 aliphatic heterocycles. The van der Waals surface area contributed by atoms with Gasteiger partial charge in [0.25, 0.3) is 0 Å². The van der Waals surface area contributed by atoms with Crippen molar-refractivity contribution in [3.8, 4) is 5.75 Å². The molecule has 9 heteroatoms. The van der Waals surface area contributed by atoms with Crippen LogP contribution >= 0.6 is 0 Å². The van der Waals surface area contributed by atoms with Crippen molar-refractivity contribution in [1.82, 2.24) is 0 Å². The van der Waals surface area contributed by atoms with E-state index in [9.17, 15) is 18.9 Å². The minimum absolute atomic E-state index is 0.354. The van der Waals surface area contributed by atoms with Crippen LogP contribution in [0.3, 0.4) is 0 Å². The molecule has 0 aromatic heterocycles. The lowest BCUT2D eigenvalue weighted by atomic mass is 10.2. The number of benzene rings is 1. The van der Waals surface area contributed by atoms with E-state index in [0.717, 1.165) is 0 Å². The van der Waals surface area contributed by atoms with Crippen molar-refractivity contribution < 1.29 is 23.6 Å². The van der Waals surface area contributed by atoms with Gasteiger partial charge >= 0.3 is 5.69 Å². The molecule has 0 radical (unpaired) electrons. The van der Waals surface area contributed by atoms with Gasteiger partial charge in [-0.15, -0.1) is 0 Å². The van der Waals surface area contributed by atoms with Crippen LogP contribution in [0.15, 0.2) is 17.3 Å². The first-order valence-corrected chi connectivity index (χ1v) is 4.64. The number of nitro groups is 1. The molecule has 1 aromatic carbocycles. The highest BCUT2D eigenvalue weighted by atomic mass is 19.1. The number of amidine groups is 1. The minimum Gasteiger partial charge on any atom is -0.480 e. The van der Waals surface area contributed by atoms with Crippen molar-refractivity contribution in [2.75, 3.05) is 0 Å². The van der Waals surface area contributed by atoms with Crippen molar-refractivity contribution in [2.45, 2.75) is 13.0 Å². The maximum absolute atomic E-state index is 13.4. The van der Waals surface area contributed by atoms with Gasteiger partial charge in [-0.1, -0.05) is 5.16 Å². The van der Waals surface area contributed by atoms with Gasteiger partial charge in [0.05, 0.1) is 11.0 Å². The Morgan fingerprint density at radius 2 is 2.17 bits per heavy atom. The molecule has 1 aromatic rings. The zero-order valence-electron chi connectivity index (χ0n) is 9.13. The Bertz CT molecular complexity index is 507. The van der Waals surface area contributed by atoms with E-state index in [2.05, 4.69) is 5.16 Å². The lowest BCUT2D eigenvalue weighted by Gasteiger charge is -2.13. The Kier molecular flexibility index (Phi) is 3.97. The number of nitrogens with two attached hydrogens (primary N) is 1. The molecular weight excluding hydrogens is 252 g/mol. The van der Waals surface area contributed by atoms with Gasteiger partial charge in [0.15, 0.2) is 23.5 Å². The molecule has 0 fully saturated rings. The van der Waals surface area contributed by atoms with Gasteiger partial charge < -0.3 is 15.7 Å². The maximum Gasteiger partial charge on any atom is 0.307 e. The molecule has 3 N–H and O–H groups in total. The highest BCUT2D eigenvalue weighted by Gasteiger charge is 2.21. The molecule has 0 saturated heterocycles. The molecule has 0 aliphatic rings. The summed E-state index contributed by atoms with van der Waals surface area (Å²) in [6.07, 6.45) is -1.02. The van der Waals surface area contributed by atoms with Crippen molar-refractivity contribution in [3.63, 3.8) is 0 Å². The SMILES string of the molecule is CC(Oc1cc(F)c([N+](=O)[O-])cc1F)C(N)=NO. The predicted molar refractivity (Wildman–Crippen MR) is 56.5 cm³/mol. The van der Waals surface area contributed by atoms with Crippen LogP contribution in [0.5, 0.6) is 5.75 Å². The molecule has 0 spiro atoms. The molecular formula is C9H9F2N3O4. The number of ether oxygens (including phenoxy) is 1. The quantitative estimate of drug-likeness (QED) is 0.279. The number of nitro benzene ring substituents is 1. The van der Waals surface area contributed by atoms with Gasteiger partial charge in [0.1, 0.15) is 0 Å². The van der Waals surface area contributed by atoms with E-state index in [0.29, 0.717) is 12.1 Å². The summed E-state index contributed by atoms with van der Waals surface area (Å²) in [6.45, 7) is 1.33. The van der Waals surface area contributed by atoms with Crippen LogP contribution < -0.4 is 10.5 Å². The Hall–Kier alpha value is -2.45. The normalized spacial score (nSPS) is 13.2. The summed E-state index contributed by atoms with van der Waals surface area (Å²) >= 11 is 0. The summed E-state index contributed by atoms with van der Waals surface area (Å²) in [5, 5.41) is 21.3. The second-order valence-electron chi connectivity index (χ2n) is 3.28. The number of hydrogen-bond acceptors (Lipinski definition) is 5. The number of halogens is 2. The third-order valence-electron chi connectivity index (χ3n) is 2.03. The Balaban J connectivity index is 3.05. The minimum atomic E-state index is -1.25. The van der Waals surface area contributed by atoms with Crippen molar-refractivity contribution >= 4 is 11.5 Å². The van der Waals surface area contributed by atoms with E-state index >= 15 is 0 Å². The molecule has 1 unspecified atom stereocenters. The summed E-state index contributed by atoms with van der Waals surface area (Å²) < 4.78 is 31.5. The van der Waals surface area contributed by atoms with Crippen LogP contribution in [0.4, 0.5) is 14.5 Å². The fourth-order valence-electron chi connectivity index (χ4n) is 1.08. The first-order chi connectivity index (χ1) is 8.36. The maximum atomic E-state index is 13.4. The van der Waals surface area contributed by atoms with E-state index < -0.39 is 34.1 Å². The fourth-order valence-corrected chi connectivity index (χ4v) is 1.08. The lowest BCUT2D eigenvalue weighted by molar-refractivity contribution is -0.387. The van der Waals surface area contributed by atoms with E-state index in [-0.39, 0.29) is 5.84 Å². The number of oxime groups is 1. The van der Waals surface area contributed by atoms with Crippen molar-refractivity contribution in [2.24, 2.45) is 10.9 Å². The van der Waals surface area contributed by atoms with Crippen LogP contribution in [0.2, 0.25) is 0 Å². The van der Waals surface area contributed by atoms with Crippen LogP contribution in [-0.4, -0.2) is 22.1 Å². The fraction of sp³-hybridized carbons (Fsp3) is 0.222. The summed E-state index contributed by atoms with van der Waals surface area (Å²) in [5.74, 6) is -3.30. The average molecular weight is 261 g/mol. The molecule has 0 aliphatic carbocycles. The summed E-state index contributed by atoms with van der Waals surface area (Å²) in [5.41, 5.74) is 4.18.